The first kappa shape index (κ1) is 13.3. The molecule has 0 atom stereocenters. The van der Waals surface area contributed by atoms with E-state index < -0.39 is 0 Å². The Morgan fingerprint density at radius 1 is 1.40 bits per heavy atom. The average molecular weight is 227 g/mol. The lowest BCUT2D eigenvalue weighted by atomic mass is 10.1. The Labute approximate surface area is 93.0 Å². The van der Waals surface area contributed by atoms with E-state index in [0.29, 0.717) is 5.56 Å². The minimum atomic E-state index is 0.0139. The van der Waals surface area contributed by atoms with E-state index in [4.69, 9.17) is 10.8 Å². The number of hydrazine groups is 1. The minimum absolute atomic E-state index is 0.0139. The first-order valence-electron chi connectivity index (χ1n) is 4.03. The Balaban J connectivity index is 0.000000336. The van der Waals surface area contributed by atoms with Gasteiger partial charge in [-0.05, 0) is 43.4 Å². The van der Waals surface area contributed by atoms with E-state index >= 15 is 0 Å². The quantitative estimate of drug-likeness (QED) is 0.238. The largest absolute Gasteiger partial charge is 0.508 e. The number of nitrogens with two attached hydrogens (primary N) is 2. The zero-order chi connectivity index (χ0) is 11.8. The van der Waals surface area contributed by atoms with Gasteiger partial charge in [-0.2, -0.15) is 0 Å². The summed E-state index contributed by atoms with van der Waals surface area (Å²) >= 11 is 4.24. The molecule has 0 unspecified atom stereocenters. The van der Waals surface area contributed by atoms with Crippen LogP contribution < -0.4 is 17.0 Å². The van der Waals surface area contributed by atoms with Crippen molar-refractivity contribution in [3.63, 3.8) is 0 Å². The Morgan fingerprint density at radius 2 is 1.80 bits per heavy atom. The average Bonchev–Trinajstić information content (AvgIpc) is 2.19. The number of ketones is 1. The van der Waals surface area contributed by atoms with E-state index in [1.807, 2.05) is 5.43 Å². The highest BCUT2D eigenvalue weighted by molar-refractivity contribution is 7.80. The molecule has 0 fully saturated rings. The first-order valence-corrected chi connectivity index (χ1v) is 4.44. The Kier molecular flexibility index (Phi) is 6.00. The molecule has 1 aromatic carbocycles. The van der Waals surface area contributed by atoms with Crippen LogP contribution in [-0.4, -0.2) is 16.0 Å². The monoisotopic (exact) mass is 227 g/mol. The van der Waals surface area contributed by atoms with Crippen LogP contribution in [0.3, 0.4) is 0 Å². The van der Waals surface area contributed by atoms with Crippen molar-refractivity contribution in [2.75, 3.05) is 0 Å². The number of phenols is 1. The lowest BCUT2D eigenvalue weighted by molar-refractivity contribution is 0.101. The molecule has 6 heteroatoms. The van der Waals surface area contributed by atoms with Gasteiger partial charge in [0.25, 0.3) is 0 Å². The maximum absolute atomic E-state index is 10.7. The van der Waals surface area contributed by atoms with Crippen LogP contribution in [0.1, 0.15) is 17.3 Å². The molecule has 0 bridgehead atoms. The highest BCUT2D eigenvalue weighted by Gasteiger charge is 1.96. The lowest BCUT2D eigenvalue weighted by Crippen LogP contribution is -2.34. The first-order chi connectivity index (χ1) is 6.97. The van der Waals surface area contributed by atoms with Crippen LogP contribution in [0.4, 0.5) is 0 Å². The summed E-state index contributed by atoms with van der Waals surface area (Å²) in [4.78, 5) is 10.7. The van der Waals surface area contributed by atoms with Crippen molar-refractivity contribution in [1.82, 2.24) is 5.43 Å². The van der Waals surface area contributed by atoms with Gasteiger partial charge in [0.2, 0.25) is 0 Å². The number of phenolic OH excluding ortho intramolecular Hbond substituents is 1. The molecule has 1 aromatic rings. The number of benzene rings is 1. The van der Waals surface area contributed by atoms with Crippen LogP contribution in [-0.2, 0) is 0 Å². The van der Waals surface area contributed by atoms with Crippen LogP contribution in [0.15, 0.2) is 24.3 Å². The van der Waals surface area contributed by atoms with Gasteiger partial charge < -0.3 is 16.3 Å². The molecule has 15 heavy (non-hydrogen) atoms. The fourth-order valence-corrected chi connectivity index (χ4v) is 0.696. The fraction of sp³-hybridized carbons (Fsp3) is 0.111. The predicted octanol–water partition coefficient (Wildman–Crippen LogP) is 0.288. The van der Waals surface area contributed by atoms with Gasteiger partial charge in [-0.15, -0.1) is 0 Å². The van der Waals surface area contributed by atoms with Gasteiger partial charge in [0.05, 0.1) is 0 Å². The summed E-state index contributed by atoms with van der Waals surface area (Å²) in [7, 11) is 0. The van der Waals surface area contributed by atoms with Crippen molar-refractivity contribution < 1.29 is 9.90 Å². The van der Waals surface area contributed by atoms with Gasteiger partial charge in [-0.25, -0.2) is 5.84 Å². The molecule has 0 spiro atoms. The number of carbonyl (C=O) groups excluding carboxylic acids is 1. The lowest BCUT2D eigenvalue weighted by Gasteiger charge is -1.93. The SMILES string of the molecule is CC(=O)c1ccc(O)cc1.NNC(N)=S. The molecule has 0 aromatic heterocycles. The van der Waals surface area contributed by atoms with Crippen LogP contribution >= 0.6 is 12.2 Å². The van der Waals surface area contributed by atoms with Crippen molar-refractivity contribution in [3.05, 3.63) is 29.8 Å². The molecule has 0 amide bonds. The normalized spacial score (nSPS) is 8.40. The molecular formula is C9H13N3O2S. The number of carbonyl (C=O) groups is 1. The summed E-state index contributed by atoms with van der Waals surface area (Å²) in [5.74, 6) is 4.85. The number of hydrogen-bond acceptors (Lipinski definition) is 4. The Bertz CT molecular complexity index is 338. The van der Waals surface area contributed by atoms with Crippen molar-refractivity contribution >= 4 is 23.1 Å². The van der Waals surface area contributed by atoms with E-state index in [1.54, 1.807) is 12.1 Å². The second-order valence-electron chi connectivity index (χ2n) is 2.61. The van der Waals surface area contributed by atoms with Gasteiger partial charge in [0.15, 0.2) is 10.9 Å². The molecule has 0 aliphatic rings. The third kappa shape index (κ3) is 6.42. The second-order valence-corrected chi connectivity index (χ2v) is 3.05. The van der Waals surface area contributed by atoms with E-state index in [9.17, 15) is 4.79 Å². The number of rotatable bonds is 1. The summed E-state index contributed by atoms with van der Waals surface area (Å²) in [5.41, 5.74) is 7.45. The molecule has 6 N–H and O–H groups in total. The van der Waals surface area contributed by atoms with Crippen LogP contribution in [0.5, 0.6) is 5.75 Å². The molecule has 82 valence electrons. The molecular weight excluding hydrogens is 214 g/mol. The zero-order valence-corrected chi connectivity index (χ0v) is 9.04. The summed E-state index contributed by atoms with van der Waals surface area (Å²) in [5, 5.41) is 8.94. The number of hydrogen-bond donors (Lipinski definition) is 4. The van der Waals surface area contributed by atoms with Gasteiger partial charge >= 0.3 is 0 Å². The molecule has 0 aliphatic carbocycles. The standard InChI is InChI=1S/C8H8O2.CH5N3S/c1-6(9)7-2-4-8(10)5-3-7;2-1(5)4-3/h2-5,10H,1H3;3H2,(H3,2,4,5). The molecule has 0 aliphatic heterocycles. The molecule has 0 saturated heterocycles. The van der Waals surface area contributed by atoms with Gasteiger partial charge in [0.1, 0.15) is 5.75 Å². The fourth-order valence-electron chi connectivity index (χ4n) is 0.696. The molecule has 1 rings (SSSR count). The summed E-state index contributed by atoms with van der Waals surface area (Å²) < 4.78 is 0. The number of nitrogens with one attached hydrogen (secondary N) is 1. The Morgan fingerprint density at radius 3 is 2.07 bits per heavy atom. The molecule has 5 nitrogen and oxygen atoms in total. The van der Waals surface area contributed by atoms with E-state index in [-0.39, 0.29) is 16.6 Å². The smallest absolute Gasteiger partial charge is 0.177 e. The molecule has 0 radical (unpaired) electrons. The van der Waals surface area contributed by atoms with Crippen molar-refractivity contribution in [2.24, 2.45) is 11.6 Å². The zero-order valence-electron chi connectivity index (χ0n) is 8.23. The summed E-state index contributed by atoms with van der Waals surface area (Å²) in [6.45, 7) is 1.49. The number of aromatic hydroxyl groups is 1. The van der Waals surface area contributed by atoms with E-state index in [0.717, 1.165) is 0 Å². The minimum Gasteiger partial charge on any atom is -0.508 e. The van der Waals surface area contributed by atoms with Gasteiger partial charge in [-0.3, -0.25) is 4.79 Å². The van der Waals surface area contributed by atoms with Crippen molar-refractivity contribution in [3.8, 4) is 5.75 Å². The van der Waals surface area contributed by atoms with E-state index in [1.165, 1.54) is 19.1 Å². The predicted molar refractivity (Wildman–Crippen MR) is 62.2 cm³/mol. The molecule has 0 saturated carbocycles. The third-order valence-corrected chi connectivity index (χ3v) is 1.53. The van der Waals surface area contributed by atoms with Crippen LogP contribution in [0.2, 0.25) is 0 Å². The summed E-state index contributed by atoms with van der Waals surface area (Å²) in [6.07, 6.45) is 0. The van der Waals surface area contributed by atoms with E-state index in [2.05, 4.69) is 18.1 Å². The van der Waals surface area contributed by atoms with Crippen LogP contribution in [0.25, 0.3) is 0 Å². The topological polar surface area (TPSA) is 101 Å². The third-order valence-electron chi connectivity index (χ3n) is 1.42. The Hall–Kier alpha value is -1.66. The maximum atomic E-state index is 10.7. The number of thiocarbonyl (C=S) groups is 1. The van der Waals surface area contributed by atoms with Gasteiger partial charge in [0, 0.05) is 5.56 Å². The van der Waals surface area contributed by atoms with Gasteiger partial charge in [-0.1, -0.05) is 0 Å². The molecule has 0 heterocycles. The number of Topliss-reactive ketones (excluding diaryl/α,β-unsaturated/α-hetero) is 1. The van der Waals surface area contributed by atoms with Crippen LogP contribution in [0, 0.1) is 0 Å². The highest BCUT2D eigenvalue weighted by Crippen LogP contribution is 2.09. The second kappa shape index (κ2) is 6.74. The maximum Gasteiger partial charge on any atom is 0.177 e. The highest BCUT2D eigenvalue weighted by atomic mass is 32.1. The summed E-state index contributed by atoms with van der Waals surface area (Å²) in [6, 6.07) is 6.18. The van der Waals surface area contributed by atoms with Crippen molar-refractivity contribution in [1.29, 1.82) is 0 Å². The van der Waals surface area contributed by atoms with Crippen molar-refractivity contribution in [2.45, 2.75) is 6.92 Å².